The van der Waals surface area contributed by atoms with Crippen LogP contribution >= 0.6 is 39.3 Å². The Kier molecular flexibility index (Phi) is 5.56. The Hall–Kier alpha value is -1.77. The van der Waals surface area contributed by atoms with Crippen molar-refractivity contribution < 1.29 is 9.53 Å². The van der Waals surface area contributed by atoms with Gasteiger partial charge in [-0.15, -0.1) is 11.8 Å². The maximum absolute atomic E-state index is 12.8. The topological polar surface area (TPSA) is 59.7 Å². The minimum atomic E-state index is -0.343. The molecule has 0 aliphatic carbocycles. The molecule has 3 aromatic rings. The number of amides is 1. The van der Waals surface area contributed by atoms with Gasteiger partial charge in [-0.1, -0.05) is 41.9 Å². The molecule has 9 heteroatoms. The molecule has 0 spiro atoms. The summed E-state index contributed by atoms with van der Waals surface area (Å²) in [5.74, 6) is 1.67. The molecule has 1 aliphatic heterocycles. The maximum Gasteiger partial charge on any atom is 0.411 e. The molecule has 0 radical (unpaired) electrons. The van der Waals surface area contributed by atoms with Crippen molar-refractivity contribution in [3.8, 4) is 0 Å². The zero-order chi connectivity index (χ0) is 18.8. The van der Waals surface area contributed by atoms with Gasteiger partial charge in [-0.05, 0) is 33.7 Å². The predicted octanol–water partition coefficient (Wildman–Crippen LogP) is 4.92. The molecule has 1 saturated heterocycles. The monoisotopic (exact) mass is 466 g/mol. The number of thioether (sulfide) groups is 1. The first kappa shape index (κ1) is 18.6. The number of benzene rings is 1. The molecule has 1 fully saturated rings. The smallest absolute Gasteiger partial charge is 0.411 e. The molecular formula is C18H16BrClN4O2S. The summed E-state index contributed by atoms with van der Waals surface area (Å²) in [4.78, 5) is 23.2. The van der Waals surface area contributed by atoms with Gasteiger partial charge in [0.05, 0.1) is 0 Å². The van der Waals surface area contributed by atoms with Crippen LogP contribution in [0, 0.1) is 0 Å². The lowest BCUT2D eigenvalue weighted by Crippen LogP contribution is -2.38. The summed E-state index contributed by atoms with van der Waals surface area (Å²) in [5, 5.41) is 0.112. The number of ether oxygens (including phenoxy) is 1. The van der Waals surface area contributed by atoms with Gasteiger partial charge in [-0.2, -0.15) is 0 Å². The van der Waals surface area contributed by atoms with Crippen molar-refractivity contribution in [2.24, 2.45) is 0 Å². The van der Waals surface area contributed by atoms with Gasteiger partial charge in [0.15, 0.2) is 5.15 Å². The van der Waals surface area contributed by atoms with Crippen molar-refractivity contribution in [3.63, 3.8) is 0 Å². The number of rotatable bonds is 3. The summed E-state index contributed by atoms with van der Waals surface area (Å²) < 4.78 is 8.03. The van der Waals surface area contributed by atoms with Crippen molar-refractivity contribution in [1.29, 1.82) is 0 Å². The summed E-state index contributed by atoms with van der Waals surface area (Å²) in [5.41, 5.74) is 1.65. The Morgan fingerprint density at radius 3 is 3.00 bits per heavy atom. The highest BCUT2D eigenvalue weighted by molar-refractivity contribution is 9.10. The Balaban J connectivity index is 1.59. The molecule has 1 aliphatic rings. The van der Waals surface area contributed by atoms with Gasteiger partial charge in [0.2, 0.25) is 0 Å². The SMILES string of the molecule is O=C(OCc1ccccc1)N1CCCS[C@H]1c1nc(Br)c2c(Cl)nccn12. The van der Waals surface area contributed by atoms with Crippen molar-refractivity contribution in [2.75, 3.05) is 12.3 Å². The van der Waals surface area contributed by atoms with Crippen LogP contribution < -0.4 is 0 Å². The zero-order valence-electron chi connectivity index (χ0n) is 14.2. The van der Waals surface area contributed by atoms with Crippen LogP contribution in [0.1, 0.15) is 23.2 Å². The summed E-state index contributed by atoms with van der Waals surface area (Å²) in [6, 6.07) is 9.65. The Morgan fingerprint density at radius 1 is 1.37 bits per heavy atom. The number of hydrogen-bond donors (Lipinski definition) is 0. The fourth-order valence-electron chi connectivity index (χ4n) is 3.00. The molecule has 1 amide bonds. The van der Waals surface area contributed by atoms with E-state index in [9.17, 15) is 4.79 Å². The fraction of sp³-hybridized carbons (Fsp3) is 0.278. The normalized spacial score (nSPS) is 17.3. The fourth-order valence-corrected chi connectivity index (χ4v) is 5.12. The van der Waals surface area contributed by atoms with Crippen LogP contribution in [0.15, 0.2) is 47.3 Å². The maximum atomic E-state index is 12.8. The largest absolute Gasteiger partial charge is 0.445 e. The number of fused-ring (bicyclic) bond motifs is 1. The predicted molar refractivity (Wildman–Crippen MR) is 109 cm³/mol. The lowest BCUT2D eigenvalue weighted by atomic mass is 10.2. The van der Waals surface area contributed by atoms with E-state index in [1.54, 1.807) is 29.1 Å². The number of hydrogen-bond acceptors (Lipinski definition) is 5. The Bertz CT molecular complexity index is 969. The molecule has 27 heavy (non-hydrogen) atoms. The highest BCUT2D eigenvalue weighted by Gasteiger charge is 2.33. The Morgan fingerprint density at radius 2 is 2.19 bits per heavy atom. The second-order valence-corrected chi connectivity index (χ2v) is 8.31. The minimum absolute atomic E-state index is 0.245. The van der Waals surface area contributed by atoms with E-state index < -0.39 is 0 Å². The van der Waals surface area contributed by atoms with Crippen molar-refractivity contribution in [3.05, 3.63) is 63.9 Å². The number of halogens is 2. The second-order valence-electron chi connectivity index (χ2n) is 6.01. The molecule has 1 aromatic carbocycles. The van der Waals surface area contributed by atoms with Crippen LogP contribution in [0.3, 0.4) is 0 Å². The molecule has 0 N–H and O–H groups in total. The van der Waals surface area contributed by atoms with Crippen molar-refractivity contribution >= 4 is 50.9 Å². The van der Waals surface area contributed by atoms with Gasteiger partial charge in [-0.3, -0.25) is 9.30 Å². The van der Waals surface area contributed by atoms with E-state index in [4.69, 9.17) is 16.3 Å². The first-order valence-corrected chi connectivity index (χ1v) is 10.6. The van der Waals surface area contributed by atoms with Crippen LogP contribution in [-0.4, -0.2) is 37.7 Å². The lowest BCUT2D eigenvalue weighted by Gasteiger charge is -2.33. The third-order valence-corrected chi connectivity index (χ3v) is 6.39. The van der Waals surface area contributed by atoms with E-state index in [2.05, 4.69) is 25.9 Å². The first-order chi connectivity index (χ1) is 13.1. The third kappa shape index (κ3) is 3.79. The van der Waals surface area contributed by atoms with Gasteiger partial charge in [0.1, 0.15) is 27.9 Å². The first-order valence-electron chi connectivity index (χ1n) is 8.42. The van der Waals surface area contributed by atoms with E-state index in [0.29, 0.717) is 21.8 Å². The van der Waals surface area contributed by atoms with Crippen molar-refractivity contribution in [2.45, 2.75) is 18.4 Å². The number of carbonyl (C=O) groups is 1. The number of carbonyl (C=O) groups excluding carboxylic acids is 1. The molecule has 6 nitrogen and oxygen atoms in total. The van der Waals surface area contributed by atoms with Crippen LogP contribution in [0.25, 0.3) is 5.52 Å². The number of nitrogens with zero attached hydrogens (tertiary/aromatic N) is 4. The van der Waals surface area contributed by atoms with Gasteiger partial charge in [0.25, 0.3) is 0 Å². The molecule has 4 rings (SSSR count). The average molecular weight is 468 g/mol. The van der Waals surface area contributed by atoms with E-state index in [-0.39, 0.29) is 18.1 Å². The van der Waals surface area contributed by atoms with Crippen LogP contribution in [0.4, 0.5) is 4.79 Å². The average Bonchev–Trinajstić information content (AvgIpc) is 3.05. The number of imidazole rings is 1. The third-order valence-electron chi connectivity index (χ3n) is 4.26. The summed E-state index contributed by atoms with van der Waals surface area (Å²) in [6.45, 7) is 0.867. The van der Waals surface area contributed by atoms with Gasteiger partial charge in [-0.25, -0.2) is 14.8 Å². The molecule has 3 heterocycles. The lowest BCUT2D eigenvalue weighted by molar-refractivity contribution is 0.0900. The molecule has 140 valence electrons. The van der Waals surface area contributed by atoms with Crippen LogP contribution in [0.5, 0.6) is 0 Å². The second kappa shape index (κ2) is 8.08. The summed E-state index contributed by atoms with van der Waals surface area (Å²) >= 11 is 11.3. The molecule has 1 atom stereocenters. The quantitative estimate of drug-likeness (QED) is 0.547. The minimum Gasteiger partial charge on any atom is -0.445 e. The molecule has 2 aromatic heterocycles. The molecular weight excluding hydrogens is 452 g/mol. The Labute approximate surface area is 174 Å². The summed E-state index contributed by atoms with van der Waals surface area (Å²) in [6.07, 6.45) is 3.99. The van der Waals surface area contributed by atoms with Crippen LogP contribution in [0.2, 0.25) is 5.15 Å². The van der Waals surface area contributed by atoms with Gasteiger partial charge < -0.3 is 4.74 Å². The van der Waals surface area contributed by atoms with E-state index in [1.165, 1.54) is 0 Å². The molecule has 0 saturated carbocycles. The van der Waals surface area contributed by atoms with Crippen LogP contribution in [-0.2, 0) is 11.3 Å². The zero-order valence-corrected chi connectivity index (χ0v) is 17.4. The van der Waals surface area contributed by atoms with Gasteiger partial charge in [0, 0.05) is 18.9 Å². The van der Waals surface area contributed by atoms with Gasteiger partial charge >= 0.3 is 6.09 Å². The van der Waals surface area contributed by atoms with E-state index in [0.717, 1.165) is 23.6 Å². The standard InChI is InChI=1S/C18H16BrClN4O2S/c19-14-13-15(20)21-7-9-23(13)16(22-14)17-24(8-4-10-27-17)18(25)26-11-12-5-2-1-3-6-12/h1-3,5-7,9,17H,4,8,10-11H2/t17-/m0/s1. The number of aromatic nitrogens is 3. The highest BCUT2D eigenvalue weighted by atomic mass is 79.9. The van der Waals surface area contributed by atoms with Crippen molar-refractivity contribution in [1.82, 2.24) is 19.3 Å². The molecule has 0 bridgehead atoms. The summed E-state index contributed by atoms with van der Waals surface area (Å²) in [7, 11) is 0. The van der Waals surface area contributed by atoms with E-state index >= 15 is 0 Å². The molecule has 0 unspecified atom stereocenters. The highest BCUT2D eigenvalue weighted by Crippen LogP contribution is 2.39. The van der Waals surface area contributed by atoms with E-state index in [1.807, 2.05) is 34.7 Å².